The minimum atomic E-state index is -0.524. The van der Waals surface area contributed by atoms with E-state index >= 15 is 0 Å². The maximum atomic E-state index is 11.8. The van der Waals surface area contributed by atoms with Crippen LogP contribution in [0.2, 0.25) is 0 Å². The van der Waals surface area contributed by atoms with E-state index in [9.17, 15) is 9.59 Å². The molecule has 0 fully saturated rings. The van der Waals surface area contributed by atoms with Crippen molar-refractivity contribution in [1.29, 1.82) is 0 Å². The SMILES string of the molecule is COC(=O)NCCNC(=O)Cc1ccc(OC)c(OC)c1. The lowest BCUT2D eigenvalue weighted by Gasteiger charge is -2.10. The highest BCUT2D eigenvalue weighted by Gasteiger charge is 2.08. The minimum Gasteiger partial charge on any atom is -0.493 e. The first-order valence-corrected chi connectivity index (χ1v) is 6.40. The second-order valence-corrected chi connectivity index (χ2v) is 4.13. The Labute approximate surface area is 123 Å². The summed E-state index contributed by atoms with van der Waals surface area (Å²) >= 11 is 0. The normalized spacial score (nSPS) is 9.67. The number of methoxy groups -OCH3 is 3. The Morgan fingerprint density at radius 2 is 1.67 bits per heavy atom. The number of rotatable bonds is 7. The lowest BCUT2D eigenvalue weighted by molar-refractivity contribution is -0.120. The molecule has 0 saturated heterocycles. The van der Waals surface area contributed by atoms with Gasteiger partial charge < -0.3 is 24.8 Å². The predicted octanol–water partition coefficient (Wildman–Crippen LogP) is 0.718. The van der Waals surface area contributed by atoms with Gasteiger partial charge in [-0.2, -0.15) is 0 Å². The molecule has 1 aromatic carbocycles. The smallest absolute Gasteiger partial charge is 0.406 e. The van der Waals surface area contributed by atoms with E-state index in [0.717, 1.165) is 5.56 Å². The van der Waals surface area contributed by atoms with Crippen LogP contribution in [0.5, 0.6) is 11.5 Å². The van der Waals surface area contributed by atoms with Crippen molar-refractivity contribution in [3.8, 4) is 11.5 Å². The number of ether oxygens (including phenoxy) is 3. The van der Waals surface area contributed by atoms with E-state index in [1.54, 1.807) is 32.4 Å². The molecule has 2 N–H and O–H groups in total. The van der Waals surface area contributed by atoms with Crippen molar-refractivity contribution in [3.63, 3.8) is 0 Å². The van der Waals surface area contributed by atoms with E-state index in [-0.39, 0.29) is 12.3 Å². The summed E-state index contributed by atoms with van der Waals surface area (Å²) < 4.78 is 14.7. The van der Waals surface area contributed by atoms with Crippen LogP contribution in [0, 0.1) is 0 Å². The third kappa shape index (κ3) is 5.60. The summed E-state index contributed by atoms with van der Waals surface area (Å²) in [5.74, 6) is 1.05. The second-order valence-electron chi connectivity index (χ2n) is 4.13. The summed E-state index contributed by atoms with van der Waals surface area (Å²) in [6.07, 6.45) is -0.303. The van der Waals surface area contributed by atoms with Crippen LogP contribution in [0.3, 0.4) is 0 Å². The minimum absolute atomic E-state index is 0.145. The molecule has 1 rings (SSSR count). The lowest BCUT2D eigenvalue weighted by atomic mass is 10.1. The Morgan fingerprint density at radius 3 is 2.29 bits per heavy atom. The van der Waals surface area contributed by atoms with E-state index in [1.807, 2.05) is 0 Å². The van der Waals surface area contributed by atoms with Crippen LogP contribution in [0.25, 0.3) is 0 Å². The van der Waals surface area contributed by atoms with Crippen LogP contribution in [0.15, 0.2) is 18.2 Å². The first-order valence-electron chi connectivity index (χ1n) is 6.40. The third-order valence-corrected chi connectivity index (χ3v) is 2.71. The maximum Gasteiger partial charge on any atom is 0.406 e. The molecule has 0 aromatic heterocycles. The van der Waals surface area contributed by atoms with Gasteiger partial charge in [-0.15, -0.1) is 0 Å². The molecule has 0 radical (unpaired) electrons. The van der Waals surface area contributed by atoms with Crippen molar-refractivity contribution in [3.05, 3.63) is 23.8 Å². The van der Waals surface area contributed by atoms with E-state index in [2.05, 4.69) is 15.4 Å². The largest absolute Gasteiger partial charge is 0.493 e. The van der Waals surface area contributed by atoms with Gasteiger partial charge in [-0.1, -0.05) is 6.07 Å². The lowest BCUT2D eigenvalue weighted by Crippen LogP contribution is -2.35. The molecule has 21 heavy (non-hydrogen) atoms. The molecular formula is C14H20N2O5. The Morgan fingerprint density at radius 1 is 1.00 bits per heavy atom. The molecule has 0 aliphatic heterocycles. The molecule has 7 heteroatoms. The second kappa shape index (κ2) is 8.68. The number of hydrogen-bond donors (Lipinski definition) is 2. The molecule has 0 saturated carbocycles. The average Bonchev–Trinajstić information content (AvgIpc) is 2.51. The summed E-state index contributed by atoms with van der Waals surface area (Å²) in [4.78, 5) is 22.6. The number of alkyl carbamates (subject to hydrolysis) is 1. The Kier molecular flexibility index (Phi) is 6.86. The number of carbonyl (C=O) groups excluding carboxylic acids is 2. The maximum absolute atomic E-state index is 11.8. The van der Waals surface area contributed by atoms with Gasteiger partial charge in [-0.25, -0.2) is 4.79 Å². The summed E-state index contributed by atoms with van der Waals surface area (Å²) in [7, 11) is 4.38. The molecule has 116 valence electrons. The summed E-state index contributed by atoms with van der Waals surface area (Å²) in [6, 6.07) is 5.30. The molecule has 0 aliphatic carbocycles. The zero-order chi connectivity index (χ0) is 15.7. The fourth-order valence-corrected chi connectivity index (χ4v) is 1.68. The zero-order valence-corrected chi connectivity index (χ0v) is 12.4. The fraction of sp³-hybridized carbons (Fsp3) is 0.429. The standard InChI is InChI=1S/C14H20N2O5/c1-19-11-5-4-10(8-12(11)20-2)9-13(17)15-6-7-16-14(18)21-3/h4-5,8H,6-7,9H2,1-3H3,(H,15,17)(H,16,18). The number of carbonyl (C=O) groups is 2. The van der Waals surface area contributed by atoms with Gasteiger partial charge in [0, 0.05) is 13.1 Å². The van der Waals surface area contributed by atoms with E-state index < -0.39 is 6.09 Å². The topological polar surface area (TPSA) is 85.9 Å². The Hall–Kier alpha value is -2.44. The van der Waals surface area contributed by atoms with Crippen molar-refractivity contribution in [2.45, 2.75) is 6.42 Å². The van der Waals surface area contributed by atoms with Crippen molar-refractivity contribution in [2.24, 2.45) is 0 Å². The van der Waals surface area contributed by atoms with Crippen molar-refractivity contribution in [2.75, 3.05) is 34.4 Å². The van der Waals surface area contributed by atoms with Gasteiger partial charge in [0.15, 0.2) is 11.5 Å². The van der Waals surface area contributed by atoms with Crippen LogP contribution in [-0.4, -0.2) is 46.4 Å². The van der Waals surface area contributed by atoms with Gasteiger partial charge in [0.1, 0.15) is 0 Å². The van der Waals surface area contributed by atoms with Crippen molar-refractivity contribution < 1.29 is 23.8 Å². The molecule has 0 heterocycles. The summed E-state index contributed by atoms with van der Waals surface area (Å²) in [6.45, 7) is 0.644. The van der Waals surface area contributed by atoms with Gasteiger partial charge in [0.05, 0.1) is 27.8 Å². The molecule has 1 aromatic rings. The molecule has 0 bridgehead atoms. The van der Waals surface area contributed by atoms with Gasteiger partial charge in [-0.3, -0.25) is 4.79 Å². The van der Waals surface area contributed by atoms with Crippen LogP contribution >= 0.6 is 0 Å². The average molecular weight is 296 g/mol. The Bertz CT molecular complexity index is 490. The molecule has 2 amide bonds. The molecule has 7 nitrogen and oxygen atoms in total. The van der Waals surface area contributed by atoms with Crippen molar-refractivity contribution in [1.82, 2.24) is 10.6 Å². The molecular weight excluding hydrogens is 276 g/mol. The van der Waals surface area contributed by atoms with Gasteiger partial charge in [0.2, 0.25) is 5.91 Å². The van der Waals surface area contributed by atoms with E-state index in [0.29, 0.717) is 24.6 Å². The van der Waals surface area contributed by atoms with Gasteiger partial charge in [-0.05, 0) is 17.7 Å². The molecule has 0 aliphatic rings. The third-order valence-electron chi connectivity index (χ3n) is 2.71. The molecule has 0 unspecified atom stereocenters. The number of nitrogens with one attached hydrogen (secondary N) is 2. The highest BCUT2D eigenvalue weighted by atomic mass is 16.5. The quantitative estimate of drug-likeness (QED) is 0.724. The first kappa shape index (κ1) is 16.6. The van der Waals surface area contributed by atoms with Gasteiger partial charge in [0.25, 0.3) is 0 Å². The summed E-state index contributed by atoms with van der Waals surface area (Å²) in [5, 5.41) is 5.17. The van der Waals surface area contributed by atoms with Crippen LogP contribution in [-0.2, 0) is 16.0 Å². The van der Waals surface area contributed by atoms with E-state index in [1.165, 1.54) is 7.11 Å². The number of benzene rings is 1. The molecule has 0 atom stereocenters. The fourth-order valence-electron chi connectivity index (χ4n) is 1.68. The van der Waals surface area contributed by atoms with E-state index in [4.69, 9.17) is 9.47 Å². The Balaban J connectivity index is 2.42. The number of amides is 2. The molecule has 0 spiro atoms. The number of hydrogen-bond acceptors (Lipinski definition) is 5. The monoisotopic (exact) mass is 296 g/mol. The van der Waals surface area contributed by atoms with Crippen LogP contribution < -0.4 is 20.1 Å². The van der Waals surface area contributed by atoms with Crippen LogP contribution in [0.1, 0.15) is 5.56 Å². The first-order chi connectivity index (χ1) is 10.1. The van der Waals surface area contributed by atoms with Crippen LogP contribution in [0.4, 0.5) is 4.79 Å². The highest BCUT2D eigenvalue weighted by Crippen LogP contribution is 2.27. The highest BCUT2D eigenvalue weighted by molar-refractivity contribution is 5.78. The predicted molar refractivity (Wildman–Crippen MR) is 76.7 cm³/mol. The summed E-state index contributed by atoms with van der Waals surface area (Å²) in [5.41, 5.74) is 0.811. The van der Waals surface area contributed by atoms with Gasteiger partial charge >= 0.3 is 6.09 Å². The van der Waals surface area contributed by atoms with Crippen molar-refractivity contribution >= 4 is 12.0 Å². The zero-order valence-electron chi connectivity index (χ0n) is 12.4.